The van der Waals surface area contributed by atoms with Crippen molar-refractivity contribution in [3.63, 3.8) is 0 Å². The highest BCUT2D eigenvalue weighted by Crippen LogP contribution is 2.32. The molecule has 0 bridgehead atoms. The van der Waals surface area contributed by atoms with E-state index in [1.807, 2.05) is 0 Å². The van der Waals surface area contributed by atoms with Crippen molar-refractivity contribution in [3.05, 3.63) is 24.3 Å². The molecule has 3 amide bonds. The molecule has 1 aromatic carbocycles. The second kappa shape index (κ2) is 6.25. The molecule has 0 saturated heterocycles. The zero-order chi connectivity index (χ0) is 15.4. The van der Waals surface area contributed by atoms with E-state index in [2.05, 4.69) is 16.0 Å². The predicted octanol–water partition coefficient (Wildman–Crippen LogP) is 1.63. The fourth-order valence-corrected chi connectivity index (χ4v) is 1.96. The molecule has 1 unspecified atom stereocenters. The lowest BCUT2D eigenvalue weighted by Crippen LogP contribution is -2.44. The Morgan fingerprint density at radius 1 is 1.10 bits per heavy atom. The van der Waals surface area contributed by atoms with Gasteiger partial charge in [0.05, 0.1) is 0 Å². The summed E-state index contributed by atoms with van der Waals surface area (Å²) in [5, 5.41) is 16.7. The SMILES string of the molecule is CC(=O)Nc1ccc(NC(=O)NC(C(=O)O)C2CC2)cc1. The van der Waals surface area contributed by atoms with Gasteiger partial charge in [-0.1, -0.05) is 0 Å². The van der Waals surface area contributed by atoms with Crippen LogP contribution in [0.15, 0.2) is 24.3 Å². The van der Waals surface area contributed by atoms with Crippen molar-refractivity contribution in [2.24, 2.45) is 5.92 Å². The first kappa shape index (κ1) is 14.8. The summed E-state index contributed by atoms with van der Waals surface area (Å²) in [7, 11) is 0. The van der Waals surface area contributed by atoms with Crippen molar-refractivity contribution in [1.29, 1.82) is 0 Å². The van der Waals surface area contributed by atoms with Crippen molar-refractivity contribution in [1.82, 2.24) is 5.32 Å². The van der Waals surface area contributed by atoms with Crippen LogP contribution in [0.3, 0.4) is 0 Å². The Balaban J connectivity index is 1.89. The third kappa shape index (κ3) is 4.48. The van der Waals surface area contributed by atoms with Gasteiger partial charge >= 0.3 is 12.0 Å². The number of carbonyl (C=O) groups is 3. The summed E-state index contributed by atoms with van der Waals surface area (Å²) in [6, 6.07) is 5.14. The quantitative estimate of drug-likeness (QED) is 0.661. The minimum atomic E-state index is -1.02. The van der Waals surface area contributed by atoms with Crippen molar-refractivity contribution in [3.8, 4) is 0 Å². The maximum Gasteiger partial charge on any atom is 0.326 e. The first-order chi connectivity index (χ1) is 9.95. The third-order valence-electron chi connectivity index (χ3n) is 3.11. The molecule has 0 aromatic heterocycles. The molecule has 1 aliphatic carbocycles. The van der Waals surface area contributed by atoms with Gasteiger partial charge in [0.15, 0.2) is 0 Å². The van der Waals surface area contributed by atoms with Gasteiger partial charge in [-0.15, -0.1) is 0 Å². The Morgan fingerprint density at radius 2 is 1.62 bits per heavy atom. The van der Waals surface area contributed by atoms with Gasteiger partial charge in [-0.3, -0.25) is 4.79 Å². The van der Waals surface area contributed by atoms with Crippen molar-refractivity contribution in [2.75, 3.05) is 10.6 Å². The molecule has 1 saturated carbocycles. The normalized spacial score (nSPS) is 14.9. The molecule has 2 rings (SSSR count). The second-order valence-corrected chi connectivity index (χ2v) is 5.01. The number of carboxylic acids is 1. The van der Waals surface area contributed by atoms with Crippen LogP contribution in [0, 0.1) is 5.92 Å². The van der Waals surface area contributed by atoms with Crippen LogP contribution in [-0.2, 0) is 9.59 Å². The molecule has 0 aliphatic heterocycles. The third-order valence-corrected chi connectivity index (χ3v) is 3.11. The van der Waals surface area contributed by atoms with Crippen LogP contribution in [0.25, 0.3) is 0 Å². The lowest BCUT2D eigenvalue weighted by atomic mass is 10.2. The van der Waals surface area contributed by atoms with E-state index in [-0.39, 0.29) is 11.8 Å². The number of amides is 3. The average Bonchev–Trinajstić information content (AvgIpc) is 3.21. The summed E-state index contributed by atoms with van der Waals surface area (Å²) in [5.74, 6) is -1.17. The van der Waals surface area contributed by atoms with E-state index in [0.29, 0.717) is 11.4 Å². The number of urea groups is 1. The number of carbonyl (C=O) groups excluding carboxylic acids is 2. The van der Waals surface area contributed by atoms with Gasteiger partial charge in [-0.2, -0.15) is 0 Å². The van der Waals surface area contributed by atoms with Gasteiger partial charge in [0, 0.05) is 18.3 Å². The molecule has 1 aromatic rings. The van der Waals surface area contributed by atoms with E-state index < -0.39 is 18.0 Å². The van der Waals surface area contributed by atoms with Gasteiger partial charge in [-0.25, -0.2) is 9.59 Å². The standard InChI is InChI=1S/C14H17N3O4/c1-8(18)15-10-4-6-11(7-5-10)16-14(21)17-12(13(19)20)9-2-3-9/h4-7,9,12H,2-3H2,1H3,(H,15,18)(H,19,20)(H2,16,17,21). The largest absolute Gasteiger partial charge is 0.480 e. The number of benzene rings is 1. The van der Waals surface area contributed by atoms with E-state index >= 15 is 0 Å². The monoisotopic (exact) mass is 291 g/mol. The maximum absolute atomic E-state index is 11.8. The molecule has 4 N–H and O–H groups in total. The number of hydrogen-bond acceptors (Lipinski definition) is 3. The molecule has 0 spiro atoms. The lowest BCUT2D eigenvalue weighted by molar-refractivity contribution is -0.139. The zero-order valence-electron chi connectivity index (χ0n) is 11.6. The minimum Gasteiger partial charge on any atom is -0.480 e. The number of hydrogen-bond donors (Lipinski definition) is 4. The molecule has 21 heavy (non-hydrogen) atoms. The van der Waals surface area contributed by atoms with Crippen LogP contribution < -0.4 is 16.0 Å². The molecular weight excluding hydrogens is 274 g/mol. The Kier molecular flexibility index (Phi) is 4.42. The Labute approximate surface area is 121 Å². The van der Waals surface area contributed by atoms with Crippen molar-refractivity contribution < 1.29 is 19.5 Å². The van der Waals surface area contributed by atoms with Crippen molar-refractivity contribution in [2.45, 2.75) is 25.8 Å². The molecule has 7 heteroatoms. The fraction of sp³-hybridized carbons (Fsp3) is 0.357. The van der Waals surface area contributed by atoms with E-state index in [9.17, 15) is 14.4 Å². The Hall–Kier alpha value is -2.57. The highest BCUT2D eigenvalue weighted by Gasteiger charge is 2.37. The smallest absolute Gasteiger partial charge is 0.326 e. The van der Waals surface area contributed by atoms with E-state index in [0.717, 1.165) is 12.8 Å². The predicted molar refractivity (Wildman–Crippen MR) is 77.0 cm³/mol. The summed E-state index contributed by atoms with van der Waals surface area (Å²) >= 11 is 0. The van der Waals surface area contributed by atoms with Crippen LogP contribution in [-0.4, -0.2) is 29.1 Å². The lowest BCUT2D eigenvalue weighted by Gasteiger charge is -2.14. The summed E-state index contributed by atoms with van der Waals surface area (Å²) in [5.41, 5.74) is 1.14. The van der Waals surface area contributed by atoms with Gasteiger partial charge in [0.25, 0.3) is 0 Å². The van der Waals surface area contributed by atoms with Crippen LogP contribution in [0.1, 0.15) is 19.8 Å². The molecule has 1 atom stereocenters. The van der Waals surface area contributed by atoms with Crippen LogP contribution in [0.5, 0.6) is 0 Å². The van der Waals surface area contributed by atoms with Gasteiger partial charge < -0.3 is 21.1 Å². The molecule has 112 valence electrons. The topological polar surface area (TPSA) is 108 Å². The number of carboxylic acid groups (broad SMARTS) is 1. The van der Waals surface area contributed by atoms with Gasteiger partial charge in [0.1, 0.15) is 6.04 Å². The first-order valence-corrected chi connectivity index (χ1v) is 6.63. The van der Waals surface area contributed by atoms with Crippen LogP contribution >= 0.6 is 0 Å². The summed E-state index contributed by atoms with van der Waals surface area (Å²) in [6.07, 6.45) is 1.64. The number of anilines is 2. The summed E-state index contributed by atoms with van der Waals surface area (Å²) in [4.78, 5) is 33.7. The van der Waals surface area contributed by atoms with Crippen molar-refractivity contribution >= 4 is 29.3 Å². The Bertz CT molecular complexity index is 552. The summed E-state index contributed by atoms with van der Waals surface area (Å²) in [6.45, 7) is 1.41. The molecule has 1 aliphatic rings. The number of rotatable bonds is 5. The highest BCUT2D eigenvalue weighted by molar-refractivity contribution is 5.93. The molecule has 7 nitrogen and oxygen atoms in total. The van der Waals surface area contributed by atoms with E-state index in [1.165, 1.54) is 6.92 Å². The average molecular weight is 291 g/mol. The number of aliphatic carboxylic acids is 1. The van der Waals surface area contributed by atoms with E-state index in [1.54, 1.807) is 24.3 Å². The molecular formula is C14H17N3O4. The highest BCUT2D eigenvalue weighted by atomic mass is 16.4. The molecule has 0 heterocycles. The zero-order valence-corrected chi connectivity index (χ0v) is 11.6. The van der Waals surface area contributed by atoms with Gasteiger partial charge in [-0.05, 0) is 43.0 Å². The maximum atomic E-state index is 11.8. The van der Waals surface area contributed by atoms with E-state index in [4.69, 9.17) is 5.11 Å². The molecule has 0 radical (unpaired) electrons. The molecule has 1 fully saturated rings. The van der Waals surface area contributed by atoms with Crippen LogP contribution in [0.4, 0.5) is 16.2 Å². The van der Waals surface area contributed by atoms with Gasteiger partial charge in [0.2, 0.25) is 5.91 Å². The fourth-order valence-electron chi connectivity index (χ4n) is 1.96. The Morgan fingerprint density at radius 3 is 2.05 bits per heavy atom. The first-order valence-electron chi connectivity index (χ1n) is 6.63. The number of nitrogens with one attached hydrogen (secondary N) is 3. The van der Waals surface area contributed by atoms with Crippen LogP contribution in [0.2, 0.25) is 0 Å². The second-order valence-electron chi connectivity index (χ2n) is 5.01. The minimum absolute atomic E-state index is 0.0235. The summed E-state index contributed by atoms with van der Waals surface area (Å²) < 4.78 is 0.